The van der Waals surface area contributed by atoms with E-state index in [4.69, 9.17) is 0 Å². The van der Waals surface area contributed by atoms with Crippen LogP contribution in [-0.4, -0.2) is 21.3 Å². The van der Waals surface area contributed by atoms with E-state index in [-0.39, 0.29) is 6.04 Å². The smallest absolute Gasteiger partial charge is 0.148 e. The molecule has 0 saturated heterocycles. The molecule has 1 heterocycles. The van der Waals surface area contributed by atoms with E-state index in [2.05, 4.69) is 53.5 Å². The highest BCUT2D eigenvalue weighted by molar-refractivity contribution is 5.29. The largest absolute Gasteiger partial charge is 0.304 e. The van der Waals surface area contributed by atoms with E-state index in [1.807, 2.05) is 11.7 Å². The minimum absolute atomic E-state index is 0.109. The van der Waals surface area contributed by atoms with Gasteiger partial charge in [0.15, 0.2) is 0 Å². The van der Waals surface area contributed by atoms with Crippen molar-refractivity contribution < 1.29 is 0 Å². The Balaban J connectivity index is 2.33. The van der Waals surface area contributed by atoms with Crippen molar-refractivity contribution in [3.63, 3.8) is 0 Å². The van der Waals surface area contributed by atoms with E-state index >= 15 is 0 Å². The van der Waals surface area contributed by atoms with Crippen molar-refractivity contribution in [1.29, 1.82) is 0 Å². The van der Waals surface area contributed by atoms with E-state index < -0.39 is 0 Å². The van der Waals surface area contributed by atoms with Gasteiger partial charge in [-0.3, -0.25) is 4.68 Å². The second-order valence-electron chi connectivity index (χ2n) is 4.54. The summed E-state index contributed by atoms with van der Waals surface area (Å²) in [4.78, 5) is 4.36. The third-order valence-electron chi connectivity index (χ3n) is 2.98. The molecule has 1 atom stereocenters. The molecule has 2 aromatic rings. The third kappa shape index (κ3) is 2.76. The maximum absolute atomic E-state index is 4.36. The molecule has 1 N–H and O–H groups in total. The lowest BCUT2D eigenvalue weighted by molar-refractivity contribution is 0.542. The van der Waals surface area contributed by atoms with Crippen LogP contribution in [0.1, 0.15) is 36.3 Å². The molecule has 0 saturated carbocycles. The van der Waals surface area contributed by atoms with Crippen molar-refractivity contribution in [2.24, 2.45) is 7.05 Å². The van der Waals surface area contributed by atoms with Crippen molar-refractivity contribution in [3.05, 3.63) is 47.5 Å². The average Bonchev–Trinajstić information content (AvgIpc) is 2.77. The van der Waals surface area contributed by atoms with Crippen LogP contribution in [0, 0.1) is 6.92 Å². The van der Waals surface area contributed by atoms with Crippen LogP contribution in [0.4, 0.5) is 0 Å². The summed E-state index contributed by atoms with van der Waals surface area (Å²) in [6.45, 7) is 5.24. The molecule has 18 heavy (non-hydrogen) atoms. The molecule has 0 aliphatic rings. The topological polar surface area (TPSA) is 42.7 Å². The zero-order valence-electron chi connectivity index (χ0n) is 11.2. The van der Waals surface area contributed by atoms with Gasteiger partial charge in [0, 0.05) is 7.05 Å². The zero-order valence-corrected chi connectivity index (χ0v) is 11.2. The first-order chi connectivity index (χ1) is 8.72. The van der Waals surface area contributed by atoms with Crippen molar-refractivity contribution in [3.8, 4) is 0 Å². The quantitative estimate of drug-likeness (QED) is 0.877. The first-order valence-corrected chi connectivity index (χ1v) is 6.36. The highest BCUT2D eigenvalue weighted by Crippen LogP contribution is 2.20. The van der Waals surface area contributed by atoms with E-state index in [1.165, 1.54) is 11.1 Å². The second kappa shape index (κ2) is 5.78. The minimum Gasteiger partial charge on any atom is -0.304 e. The zero-order chi connectivity index (χ0) is 13.0. The summed E-state index contributed by atoms with van der Waals surface area (Å²) in [6.07, 6.45) is 2.70. The highest BCUT2D eigenvalue weighted by atomic mass is 15.3. The molecule has 0 aliphatic heterocycles. The number of nitrogens with one attached hydrogen (secondary N) is 1. The molecule has 96 valence electrons. The Morgan fingerprint density at radius 1 is 1.39 bits per heavy atom. The van der Waals surface area contributed by atoms with Gasteiger partial charge in [-0.2, -0.15) is 5.10 Å². The monoisotopic (exact) mass is 244 g/mol. The van der Waals surface area contributed by atoms with E-state index in [0.29, 0.717) is 0 Å². The summed E-state index contributed by atoms with van der Waals surface area (Å²) in [5, 5.41) is 7.69. The summed E-state index contributed by atoms with van der Waals surface area (Å²) in [5.41, 5.74) is 2.50. The summed E-state index contributed by atoms with van der Waals surface area (Å²) >= 11 is 0. The lowest BCUT2D eigenvalue weighted by Crippen LogP contribution is -2.26. The standard InChI is InChI=1S/C14H20N4/c1-4-8-15-13(14-16-10-17-18(14)3)12-7-5-6-11(2)9-12/h5-7,9-10,13,15H,4,8H2,1-3H3. The van der Waals surface area contributed by atoms with Crippen LogP contribution in [0.5, 0.6) is 0 Å². The van der Waals surface area contributed by atoms with Gasteiger partial charge in [-0.25, -0.2) is 4.98 Å². The van der Waals surface area contributed by atoms with Crippen LogP contribution in [0.2, 0.25) is 0 Å². The number of hydrogen-bond acceptors (Lipinski definition) is 3. The predicted octanol–water partition coefficient (Wildman–Crippen LogP) is 2.21. The number of aromatic nitrogens is 3. The molecular weight excluding hydrogens is 224 g/mol. The molecular formula is C14H20N4. The lowest BCUT2D eigenvalue weighted by Gasteiger charge is -2.18. The Labute approximate surface area is 108 Å². The van der Waals surface area contributed by atoms with Crippen LogP contribution >= 0.6 is 0 Å². The fraction of sp³-hybridized carbons (Fsp3) is 0.429. The molecule has 1 unspecified atom stereocenters. The van der Waals surface area contributed by atoms with Gasteiger partial charge in [-0.1, -0.05) is 36.8 Å². The SMILES string of the molecule is CCCNC(c1cccc(C)c1)c1ncnn1C. The van der Waals surface area contributed by atoms with E-state index in [9.17, 15) is 0 Å². The van der Waals surface area contributed by atoms with Crippen molar-refractivity contribution in [1.82, 2.24) is 20.1 Å². The van der Waals surface area contributed by atoms with E-state index in [1.54, 1.807) is 6.33 Å². The summed E-state index contributed by atoms with van der Waals surface area (Å²) in [5.74, 6) is 0.953. The minimum atomic E-state index is 0.109. The average molecular weight is 244 g/mol. The normalized spacial score (nSPS) is 12.6. The molecule has 0 bridgehead atoms. The molecule has 4 heteroatoms. The number of benzene rings is 1. The van der Waals surface area contributed by atoms with Gasteiger partial charge in [0.1, 0.15) is 12.2 Å². The van der Waals surface area contributed by atoms with Gasteiger partial charge in [-0.15, -0.1) is 0 Å². The Morgan fingerprint density at radius 3 is 2.83 bits per heavy atom. The van der Waals surface area contributed by atoms with Crippen LogP contribution in [-0.2, 0) is 7.05 Å². The Hall–Kier alpha value is -1.68. The van der Waals surface area contributed by atoms with E-state index in [0.717, 1.165) is 18.8 Å². The Morgan fingerprint density at radius 2 is 2.22 bits per heavy atom. The predicted molar refractivity (Wildman–Crippen MR) is 72.3 cm³/mol. The Bertz CT molecular complexity index is 504. The fourth-order valence-corrected chi connectivity index (χ4v) is 2.06. The van der Waals surface area contributed by atoms with Gasteiger partial charge >= 0.3 is 0 Å². The van der Waals surface area contributed by atoms with Gasteiger partial charge in [0.2, 0.25) is 0 Å². The number of aryl methyl sites for hydroxylation is 2. The second-order valence-corrected chi connectivity index (χ2v) is 4.54. The van der Waals surface area contributed by atoms with Crippen molar-refractivity contribution >= 4 is 0 Å². The lowest BCUT2D eigenvalue weighted by atomic mass is 10.0. The molecule has 0 amide bonds. The summed E-state index contributed by atoms with van der Waals surface area (Å²) in [7, 11) is 1.93. The molecule has 1 aromatic carbocycles. The van der Waals surface area contributed by atoms with Crippen LogP contribution < -0.4 is 5.32 Å². The molecule has 0 fully saturated rings. The maximum atomic E-state index is 4.36. The number of rotatable bonds is 5. The first kappa shape index (κ1) is 12.8. The van der Waals surface area contributed by atoms with Gasteiger partial charge in [-0.05, 0) is 25.5 Å². The van der Waals surface area contributed by atoms with Gasteiger partial charge < -0.3 is 5.32 Å². The summed E-state index contributed by atoms with van der Waals surface area (Å²) in [6, 6.07) is 8.63. The third-order valence-corrected chi connectivity index (χ3v) is 2.98. The molecule has 4 nitrogen and oxygen atoms in total. The Kier molecular flexibility index (Phi) is 4.10. The molecule has 0 spiro atoms. The molecule has 1 aromatic heterocycles. The number of nitrogens with zero attached hydrogens (tertiary/aromatic N) is 3. The maximum Gasteiger partial charge on any atom is 0.148 e. The highest BCUT2D eigenvalue weighted by Gasteiger charge is 2.17. The van der Waals surface area contributed by atoms with Crippen LogP contribution in [0.25, 0.3) is 0 Å². The van der Waals surface area contributed by atoms with Crippen molar-refractivity contribution in [2.75, 3.05) is 6.54 Å². The fourth-order valence-electron chi connectivity index (χ4n) is 2.06. The summed E-state index contributed by atoms with van der Waals surface area (Å²) < 4.78 is 1.83. The van der Waals surface area contributed by atoms with Crippen LogP contribution in [0.3, 0.4) is 0 Å². The van der Waals surface area contributed by atoms with Crippen LogP contribution in [0.15, 0.2) is 30.6 Å². The van der Waals surface area contributed by atoms with Crippen molar-refractivity contribution in [2.45, 2.75) is 26.3 Å². The molecule has 0 aliphatic carbocycles. The molecule has 2 rings (SSSR count). The van der Waals surface area contributed by atoms with Gasteiger partial charge in [0.25, 0.3) is 0 Å². The number of hydrogen-bond donors (Lipinski definition) is 1. The molecule has 0 radical (unpaired) electrons. The van der Waals surface area contributed by atoms with Gasteiger partial charge in [0.05, 0.1) is 6.04 Å². The first-order valence-electron chi connectivity index (χ1n) is 6.36.